The third-order valence-electron chi connectivity index (χ3n) is 9.30. The summed E-state index contributed by atoms with van der Waals surface area (Å²) in [7, 11) is 1.88. The number of ketones is 1. The first-order valence-corrected chi connectivity index (χ1v) is 16.3. The summed E-state index contributed by atoms with van der Waals surface area (Å²) >= 11 is 0. The molecule has 1 aliphatic carbocycles. The summed E-state index contributed by atoms with van der Waals surface area (Å²) in [5, 5.41) is 9.05. The van der Waals surface area contributed by atoms with Crippen LogP contribution in [0.15, 0.2) is 30.5 Å². The molecule has 4 rings (SSSR count). The number of anilines is 1. The second-order valence-electron chi connectivity index (χ2n) is 12.6. The monoisotopic (exact) mass is 664 g/mol. The van der Waals surface area contributed by atoms with Crippen LogP contribution in [0.5, 0.6) is 0 Å². The van der Waals surface area contributed by atoms with Gasteiger partial charge in [0, 0.05) is 57.2 Å². The van der Waals surface area contributed by atoms with Crippen molar-refractivity contribution in [2.45, 2.75) is 83.5 Å². The molecule has 1 aromatic carbocycles. The van der Waals surface area contributed by atoms with Crippen molar-refractivity contribution >= 4 is 29.2 Å². The van der Waals surface area contributed by atoms with E-state index in [0.717, 1.165) is 38.2 Å². The van der Waals surface area contributed by atoms with Crippen molar-refractivity contribution in [2.75, 3.05) is 38.5 Å². The number of benzene rings is 1. The molecule has 14 heteroatoms. The number of likely N-dealkylation sites (N-methyl/N-ethyl adjacent to an activating group) is 1. The van der Waals surface area contributed by atoms with Gasteiger partial charge in [-0.15, -0.1) is 0 Å². The number of nitrogens with zero attached hydrogens (tertiary/aromatic N) is 4. The fourth-order valence-corrected chi connectivity index (χ4v) is 6.50. The Morgan fingerprint density at radius 2 is 1.70 bits per heavy atom. The van der Waals surface area contributed by atoms with Gasteiger partial charge < -0.3 is 20.4 Å². The maximum atomic E-state index is 15.6. The summed E-state index contributed by atoms with van der Waals surface area (Å²) < 4.78 is 56.0. The van der Waals surface area contributed by atoms with Crippen LogP contribution in [0.1, 0.15) is 80.8 Å². The number of nitrogens with one attached hydrogen (secondary N) is 2. The van der Waals surface area contributed by atoms with Gasteiger partial charge in [0.05, 0.1) is 5.69 Å². The number of carbonyl (C=O) groups is 4. The predicted octanol–water partition coefficient (Wildman–Crippen LogP) is 4.76. The molecule has 2 fully saturated rings. The fourth-order valence-electron chi connectivity index (χ4n) is 6.50. The molecule has 0 unspecified atom stereocenters. The molecular weight excluding hydrogens is 620 g/mol. The maximum Gasteiger partial charge on any atom is 0.397 e. The molecule has 0 radical (unpaired) electrons. The van der Waals surface area contributed by atoms with Crippen LogP contribution in [0, 0.1) is 17.7 Å². The van der Waals surface area contributed by atoms with Crippen LogP contribution >= 0.6 is 0 Å². The minimum absolute atomic E-state index is 0.0466. The van der Waals surface area contributed by atoms with Crippen LogP contribution in [0.3, 0.4) is 0 Å². The van der Waals surface area contributed by atoms with Crippen molar-refractivity contribution in [1.82, 2.24) is 24.9 Å². The molecule has 1 aliphatic heterocycles. The Hall–Kier alpha value is -3.81. The fraction of sp³-hybridized carbons (Fsp3) is 0.606. The van der Waals surface area contributed by atoms with E-state index in [2.05, 4.69) is 15.7 Å². The van der Waals surface area contributed by atoms with E-state index < -0.39 is 54.0 Å². The molecule has 2 aliphatic rings. The second kappa shape index (κ2) is 15.9. The molecule has 3 amide bonds. The molecule has 1 saturated heterocycles. The van der Waals surface area contributed by atoms with Gasteiger partial charge in [-0.1, -0.05) is 32.3 Å². The quantitative estimate of drug-likeness (QED) is 0.250. The van der Waals surface area contributed by atoms with Crippen molar-refractivity contribution < 1.29 is 36.7 Å². The Balaban J connectivity index is 1.53. The smallest absolute Gasteiger partial charge is 0.343 e. The van der Waals surface area contributed by atoms with E-state index in [9.17, 15) is 32.3 Å². The molecule has 47 heavy (non-hydrogen) atoms. The molecule has 2 N–H and O–H groups in total. The first-order chi connectivity index (χ1) is 22.3. The van der Waals surface area contributed by atoms with E-state index in [1.54, 1.807) is 10.7 Å². The van der Waals surface area contributed by atoms with Crippen LogP contribution in [-0.4, -0.2) is 88.5 Å². The van der Waals surface area contributed by atoms with Crippen LogP contribution in [0.2, 0.25) is 0 Å². The average Bonchev–Trinajstić information content (AvgIpc) is 3.52. The minimum Gasteiger partial charge on any atom is -0.343 e. The number of aromatic nitrogens is 2. The number of rotatable bonds is 12. The van der Waals surface area contributed by atoms with E-state index in [1.165, 1.54) is 30.2 Å². The second-order valence-corrected chi connectivity index (χ2v) is 12.6. The molecule has 0 bridgehead atoms. The number of hydrogen-bond acceptors (Lipinski definition) is 6. The van der Waals surface area contributed by atoms with Gasteiger partial charge in [0.2, 0.25) is 17.7 Å². The standard InChI is InChI=1S/C33H44F4N6O4/c1-4-43-27(12-13-38-43)28(44)19-24(22-8-6-5-7-9-22)31(46)39-26-11-10-23(18-25(26)34)21(2)30(40-29(45)20-33(35,36)37)32(47)42-16-14-41(3)15-17-42/h10-13,18,21-22,24,30H,4-9,14-17,19-20H2,1-3H3,(H,39,46)(H,40,45)/t21-,24-,30+/m0/s1. The zero-order valence-corrected chi connectivity index (χ0v) is 27.1. The molecule has 0 spiro atoms. The minimum atomic E-state index is -4.77. The van der Waals surface area contributed by atoms with Crippen LogP contribution < -0.4 is 10.6 Å². The summed E-state index contributed by atoms with van der Waals surface area (Å²) in [5.41, 5.74) is 0.543. The average molecular weight is 665 g/mol. The van der Waals surface area contributed by atoms with Gasteiger partial charge in [0.1, 0.15) is 24.0 Å². The zero-order valence-electron chi connectivity index (χ0n) is 27.1. The van der Waals surface area contributed by atoms with Crippen molar-refractivity contribution in [1.29, 1.82) is 0 Å². The van der Waals surface area contributed by atoms with Gasteiger partial charge in [-0.3, -0.25) is 23.9 Å². The van der Waals surface area contributed by atoms with Crippen LogP contribution in [-0.2, 0) is 20.9 Å². The normalized spacial score (nSPS) is 18.3. The Morgan fingerprint density at radius 3 is 2.32 bits per heavy atom. The Bertz CT molecular complexity index is 1420. The maximum absolute atomic E-state index is 15.6. The number of carbonyl (C=O) groups excluding carboxylic acids is 4. The molecular formula is C33H44F4N6O4. The van der Waals surface area contributed by atoms with Crippen molar-refractivity contribution in [3.63, 3.8) is 0 Å². The van der Waals surface area contributed by atoms with E-state index in [1.807, 2.05) is 18.9 Å². The Labute approximate surface area is 272 Å². The highest BCUT2D eigenvalue weighted by atomic mass is 19.4. The predicted molar refractivity (Wildman–Crippen MR) is 167 cm³/mol. The highest BCUT2D eigenvalue weighted by Gasteiger charge is 2.37. The first kappa shape index (κ1) is 36.0. The van der Waals surface area contributed by atoms with E-state index >= 15 is 4.39 Å². The lowest BCUT2D eigenvalue weighted by molar-refractivity contribution is -0.156. The van der Waals surface area contributed by atoms with Crippen molar-refractivity contribution in [3.8, 4) is 0 Å². The number of hydrogen-bond donors (Lipinski definition) is 2. The molecule has 3 atom stereocenters. The SMILES string of the molecule is CCn1nccc1C(=O)C[C@H](C(=O)Nc1ccc([C@H](C)[C@@H](NC(=O)CC(F)(F)F)C(=O)N2CCN(C)CC2)cc1F)C1CCCCC1. The zero-order chi connectivity index (χ0) is 34.3. The van der Waals surface area contributed by atoms with E-state index in [-0.39, 0.29) is 29.4 Å². The molecule has 258 valence electrons. The van der Waals surface area contributed by atoms with Gasteiger partial charge >= 0.3 is 6.18 Å². The summed E-state index contributed by atoms with van der Waals surface area (Å²) in [6, 6.07) is 4.17. The topological polar surface area (TPSA) is 117 Å². The third-order valence-corrected chi connectivity index (χ3v) is 9.30. The largest absolute Gasteiger partial charge is 0.397 e. The molecule has 2 heterocycles. The summed E-state index contributed by atoms with van der Waals surface area (Å²) in [6.45, 7) is 5.67. The lowest BCUT2D eigenvalue weighted by Crippen LogP contribution is -2.56. The molecule has 1 saturated carbocycles. The Morgan fingerprint density at radius 1 is 1.02 bits per heavy atom. The van der Waals surface area contributed by atoms with Gasteiger partial charge in [0.25, 0.3) is 0 Å². The lowest BCUT2D eigenvalue weighted by Gasteiger charge is -2.36. The van der Waals surface area contributed by atoms with E-state index in [0.29, 0.717) is 38.4 Å². The summed E-state index contributed by atoms with van der Waals surface area (Å²) in [4.78, 5) is 56.2. The number of Topliss-reactive ketones (excluding diaryl/α,β-unsaturated/α-hetero) is 1. The first-order valence-electron chi connectivity index (χ1n) is 16.3. The number of alkyl halides is 3. The summed E-state index contributed by atoms with van der Waals surface area (Å²) in [5.74, 6) is -5.04. The highest BCUT2D eigenvalue weighted by molar-refractivity contribution is 6.00. The number of piperazine rings is 1. The van der Waals surface area contributed by atoms with Gasteiger partial charge in [-0.25, -0.2) is 4.39 Å². The third kappa shape index (κ3) is 9.61. The molecule has 10 nitrogen and oxygen atoms in total. The molecule has 1 aromatic heterocycles. The van der Waals surface area contributed by atoms with Gasteiger partial charge in [-0.05, 0) is 56.5 Å². The number of aryl methyl sites for hydroxylation is 1. The van der Waals surface area contributed by atoms with Gasteiger partial charge in [-0.2, -0.15) is 18.3 Å². The summed E-state index contributed by atoms with van der Waals surface area (Å²) in [6.07, 6.45) is -0.560. The number of halogens is 4. The highest BCUT2D eigenvalue weighted by Crippen LogP contribution is 2.34. The van der Waals surface area contributed by atoms with Crippen molar-refractivity contribution in [3.05, 3.63) is 47.5 Å². The Kier molecular flexibility index (Phi) is 12.2. The van der Waals surface area contributed by atoms with Crippen molar-refractivity contribution in [2.24, 2.45) is 11.8 Å². The van der Waals surface area contributed by atoms with Crippen LogP contribution in [0.4, 0.5) is 23.2 Å². The lowest BCUT2D eigenvalue weighted by atomic mass is 9.77. The molecule has 2 aromatic rings. The number of amides is 3. The van der Waals surface area contributed by atoms with Crippen LogP contribution in [0.25, 0.3) is 0 Å². The van der Waals surface area contributed by atoms with E-state index in [4.69, 9.17) is 0 Å². The van der Waals surface area contributed by atoms with Gasteiger partial charge in [0.15, 0.2) is 5.78 Å².